The number of carbonyl (C=O) groups is 2. The molecule has 0 bridgehead atoms. The zero-order valence-corrected chi connectivity index (χ0v) is 13.8. The third kappa shape index (κ3) is 7.17. The summed E-state index contributed by atoms with van der Waals surface area (Å²) in [6, 6.07) is 0.283. The largest absolute Gasteiger partial charge is 0.460 e. The molecule has 116 valence electrons. The van der Waals surface area contributed by atoms with Crippen molar-refractivity contribution in [1.82, 2.24) is 5.32 Å². The topological polar surface area (TPSA) is 55.4 Å². The van der Waals surface area contributed by atoms with Gasteiger partial charge >= 0.3 is 5.97 Å². The van der Waals surface area contributed by atoms with Crippen molar-refractivity contribution in [2.24, 2.45) is 0 Å². The van der Waals surface area contributed by atoms with Gasteiger partial charge in [-0.05, 0) is 45.8 Å². The highest BCUT2D eigenvalue weighted by Crippen LogP contribution is 2.29. The van der Waals surface area contributed by atoms with Crippen molar-refractivity contribution in [3.05, 3.63) is 0 Å². The number of amides is 1. The van der Waals surface area contributed by atoms with Gasteiger partial charge in [-0.3, -0.25) is 9.59 Å². The normalized spacial score (nSPS) is 22.6. The van der Waals surface area contributed by atoms with Crippen LogP contribution in [0.1, 0.15) is 59.8 Å². The van der Waals surface area contributed by atoms with Gasteiger partial charge in [0.2, 0.25) is 5.91 Å². The molecule has 1 rings (SSSR count). The third-order valence-corrected chi connectivity index (χ3v) is 4.36. The Kier molecular flexibility index (Phi) is 6.86. The van der Waals surface area contributed by atoms with E-state index >= 15 is 0 Å². The first-order chi connectivity index (χ1) is 9.30. The molecule has 1 aliphatic carbocycles. The van der Waals surface area contributed by atoms with E-state index in [1.54, 1.807) is 0 Å². The van der Waals surface area contributed by atoms with Crippen molar-refractivity contribution in [2.75, 3.05) is 5.75 Å². The minimum Gasteiger partial charge on any atom is -0.460 e. The molecule has 0 spiro atoms. The third-order valence-electron chi connectivity index (χ3n) is 3.13. The zero-order valence-electron chi connectivity index (χ0n) is 13.0. The fourth-order valence-electron chi connectivity index (χ4n) is 2.37. The molecular formula is C15H27NO3S. The summed E-state index contributed by atoms with van der Waals surface area (Å²) in [4.78, 5) is 23.3. The van der Waals surface area contributed by atoms with Crippen molar-refractivity contribution in [1.29, 1.82) is 0 Å². The van der Waals surface area contributed by atoms with Crippen LogP contribution in [0.5, 0.6) is 0 Å². The Labute approximate surface area is 126 Å². The second-order valence-electron chi connectivity index (χ2n) is 6.24. The fourth-order valence-corrected chi connectivity index (χ4v) is 3.51. The molecule has 1 fully saturated rings. The van der Waals surface area contributed by atoms with Gasteiger partial charge in [0.15, 0.2) is 0 Å². The van der Waals surface area contributed by atoms with Crippen LogP contribution in [0.3, 0.4) is 0 Å². The van der Waals surface area contributed by atoms with Crippen LogP contribution < -0.4 is 5.32 Å². The van der Waals surface area contributed by atoms with Crippen molar-refractivity contribution in [3.63, 3.8) is 0 Å². The number of carbonyl (C=O) groups excluding carboxylic acids is 2. The van der Waals surface area contributed by atoms with Gasteiger partial charge in [-0.25, -0.2) is 0 Å². The molecule has 20 heavy (non-hydrogen) atoms. The van der Waals surface area contributed by atoms with Crippen molar-refractivity contribution >= 4 is 23.6 Å². The van der Waals surface area contributed by atoms with E-state index < -0.39 is 5.60 Å². The van der Waals surface area contributed by atoms with Crippen LogP contribution >= 0.6 is 11.8 Å². The highest BCUT2D eigenvalue weighted by molar-refractivity contribution is 7.99. The number of hydrogen-bond donors (Lipinski definition) is 1. The monoisotopic (exact) mass is 301 g/mol. The lowest BCUT2D eigenvalue weighted by molar-refractivity contribution is -0.155. The maximum Gasteiger partial charge on any atom is 0.306 e. The molecule has 1 aliphatic rings. The molecule has 0 saturated heterocycles. The van der Waals surface area contributed by atoms with E-state index in [-0.39, 0.29) is 30.8 Å². The van der Waals surface area contributed by atoms with Gasteiger partial charge in [0.25, 0.3) is 0 Å². The number of hydrogen-bond acceptors (Lipinski definition) is 4. The van der Waals surface area contributed by atoms with Crippen LogP contribution in [0, 0.1) is 0 Å². The summed E-state index contributed by atoms with van der Waals surface area (Å²) in [6.07, 6.45) is 3.65. The summed E-state index contributed by atoms with van der Waals surface area (Å²) < 4.78 is 5.18. The second-order valence-corrected chi connectivity index (χ2v) is 7.82. The van der Waals surface area contributed by atoms with E-state index in [0.29, 0.717) is 5.25 Å². The zero-order chi connectivity index (χ0) is 15.2. The molecule has 1 saturated carbocycles. The number of ether oxygens (including phenoxy) is 1. The van der Waals surface area contributed by atoms with Gasteiger partial charge in [-0.2, -0.15) is 11.8 Å². The Morgan fingerprint density at radius 3 is 2.55 bits per heavy atom. The molecule has 0 aliphatic heterocycles. The maximum atomic E-state index is 11.8. The van der Waals surface area contributed by atoms with Crippen molar-refractivity contribution < 1.29 is 14.3 Å². The van der Waals surface area contributed by atoms with E-state index in [9.17, 15) is 9.59 Å². The number of esters is 1. The van der Waals surface area contributed by atoms with Crippen molar-refractivity contribution in [2.45, 2.75) is 76.7 Å². The van der Waals surface area contributed by atoms with E-state index in [0.717, 1.165) is 18.6 Å². The molecule has 0 aromatic rings. The molecule has 1 N–H and O–H groups in total. The highest BCUT2D eigenvalue weighted by Gasteiger charge is 2.26. The molecule has 2 atom stereocenters. The standard InChI is InChI=1S/C15H27NO3S/c1-5-20-12-7-6-11(10-12)16-13(17)8-9-14(18)19-15(2,3)4/h11-12H,5-10H2,1-4H3,(H,16,17). The van der Waals surface area contributed by atoms with Crippen LogP contribution in [0.2, 0.25) is 0 Å². The first kappa shape index (κ1) is 17.3. The van der Waals surface area contributed by atoms with Gasteiger partial charge in [-0.1, -0.05) is 6.92 Å². The Morgan fingerprint density at radius 2 is 1.95 bits per heavy atom. The molecule has 4 nitrogen and oxygen atoms in total. The molecule has 2 unspecified atom stereocenters. The molecule has 0 aromatic carbocycles. The van der Waals surface area contributed by atoms with Gasteiger partial charge < -0.3 is 10.1 Å². The van der Waals surface area contributed by atoms with Crippen LogP contribution in [0.25, 0.3) is 0 Å². The molecule has 0 heterocycles. The average molecular weight is 301 g/mol. The molecule has 0 aromatic heterocycles. The van der Waals surface area contributed by atoms with Gasteiger partial charge in [0.05, 0.1) is 6.42 Å². The summed E-state index contributed by atoms with van der Waals surface area (Å²) in [7, 11) is 0. The van der Waals surface area contributed by atoms with Gasteiger partial charge in [-0.15, -0.1) is 0 Å². The smallest absolute Gasteiger partial charge is 0.306 e. The summed E-state index contributed by atoms with van der Waals surface area (Å²) >= 11 is 1.97. The highest BCUT2D eigenvalue weighted by atomic mass is 32.2. The van der Waals surface area contributed by atoms with E-state index in [1.807, 2.05) is 32.5 Å². The van der Waals surface area contributed by atoms with E-state index in [1.165, 1.54) is 6.42 Å². The lowest BCUT2D eigenvalue weighted by Crippen LogP contribution is -2.33. The predicted octanol–water partition coefficient (Wildman–Crippen LogP) is 2.90. The molecular weight excluding hydrogens is 274 g/mol. The molecule has 0 radical (unpaired) electrons. The Bertz CT molecular complexity index is 339. The van der Waals surface area contributed by atoms with Crippen LogP contribution in [-0.2, 0) is 14.3 Å². The minimum absolute atomic E-state index is 0.0389. The maximum absolute atomic E-state index is 11.8. The number of nitrogens with one attached hydrogen (secondary N) is 1. The number of rotatable bonds is 6. The number of thioether (sulfide) groups is 1. The molecule has 5 heteroatoms. The predicted molar refractivity (Wildman–Crippen MR) is 82.8 cm³/mol. The molecule has 1 amide bonds. The van der Waals surface area contributed by atoms with E-state index in [4.69, 9.17) is 4.74 Å². The van der Waals surface area contributed by atoms with Crippen LogP contribution in [0.15, 0.2) is 0 Å². The quantitative estimate of drug-likeness (QED) is 0.766. The van der Waals surface area contributed by atoms with Crippen LogP contribution in [0.4, 0.5) is 0 Å². The van der Waals surface area contributed by atoms with Crippen molar-refractivity contribution in [3.8, 4) is 0 Å². The Hall–Kier alpha value is -0.710. The summed E-state index contributed by atoms with van der Waals surface area (Å²) in [6.45, 7) is 7.65. The van der Waals surface area contributed by atoms with Gasteiger partial charge in [0, 0.05) is 17.7 Å². The van der Waals surface area contributed by atoms with Gasteiger partial charge in [0.1, 0.15) is 5.60 Å². The lowest BCUT2D eigenvalue weighted by Gasteiger charge is -2.19. The lowest BCUT2D eigenvalue weighted by atomic mass is 10.2. The Morgan fingerprint density at radius 1 is 1.25 bits per heavy atom. The first-order valence-corrected chi connectivity index (χ1v) is 8.48. The second kappa shape index (κ2) is 7.91. The SMILES string of the molecule is CCSC1CCC(NC(=O)CCC(=O)OC(C)(C)C)C1. The summed E-state index contributed by atoms with van der Waals surface area (Å²) in [5.41, 5.74) is -0.483. The Balaban J connectivity index is 2.19. The van der Waals surface area contributed by atoms with Crippen LogP contribution in [-0.4, -0.2) is 34.5 Å². The summed E-state index contributed by atoms with van der Waals surface area (Å²) in [5, 5.41) is 3.70. The minimum atomic E-state index is -0.483. The van der Waals surface area contributed by atoms with E-state index in [2.05, 4.69) is 12.2 Å². The first-order valence-electron chi connectivity index (χ1n) is 7.43. The average Bonchev–Trinajstić information content (AvgIpc) is 2.72. The fraction of sp³-hybridized carbons (Fsp3) is 0.867. The summed E-state index contributed by atoms with van der Waals surface area (Å²) in [5.74, 6) is 0.783.